The maximum atomic E-state index is 4.69. The van der Waals surface area contributed by atoms with Crippen molar-refractivity contribution in [3.8, 4) is 0 Å². The van der Waals surface area contributed by atoms with E-state index < -0.39 is 0 Å². The van der Waals surface area contributed by atoms with Crippen LogP contribution >= 0.6 is 0 Å². The minimum absolute atomic E-state index is 0.811. The maximum absolute atomic E-state index is 4.69. The fourth-order valence-electron chi connectivity index (χ4n) is 2.43. The minimum atomic E-state index is 0.811. The summed E-state index contributed by atoms with van der Waals surface area (Å²) in [6.45, 7) is 2.88. The molecule has 2 heterocycles. The van der Waals surface area contributed by atoms with Crippen LogP contribution in [0.15, 0.2) is 36.5 Å². The Morgan fingerprint density at radius 1 is 1.14 bits per heavy atom. The summed E-state index contributed by atoms with van der Waals surface area (Å²) < 4.78 is 1.80. The van der Waals surface area contributed by atoms with Crippen molar-refractivity contribution in [3.05, 3.63) is 47.9 Å². The molecule has 108 valence electrons. The van der Waals surface area contributed by atoms with Crippen molar-refractivity contribution in [3.63, 3.8) is 0 Å². The minimum Gasteiger partial charge on any atom is -0.355 e. The van der Waals surface area contributed by atoms with E-state index >= 15 is 0 Å². The van der Waals surface area contributed by atoms with Gasteiger partial charge in [-0.25, -0.2) is 9.97 Å². The van der Waals surface area contributed by atoms with Crippen molar-refractivity contribution >= 4 is 16.9 Å². The van der Waals surface area contributed by atoms with Gasteiger partial charge in [-0.1, -0.05) is 37.3 Å². The number of aryl methyl sites for hydroxylation is 2. The number of hydrogen-bond donors (Lipinski definition) is 0. The molecule has 5 heteroatoms. The molecule has 0 unspecified atom stereocenters. The average molecular weight is 281 g/mol. The molecule has 0 radical (unpaired) electrons. The number of anilines is 1. The first kappa shape index (κ1) is 13.5. The number of hydrogen-bond acceptors (Lipinski definition) is 4. The molecule has 21 heavy (non-hydrogen) atoms. The van der Waals surface area contributed by atoms with Crippen LogP contribution in [0.25, 0.3) is 11.0 Å². The van der Waals surface area contributed by atoms with E-state index in [9.17, 15) is 0 Å². The van der Waals surface area contributed by atoms with Gasteiger partial charge in [-0.05, 0) is 5.56 Å². The van der Waals surface area contributed by atoms with Crippen LogP contribution in [0, 0.1) is 0 Å². The van der Waals surface area contributed by atoms with Crippen LogP contribution in [-0.2, 0) is 20.0 Å². The highest BCUT2D eigenvalue weighted by Gasteiger charge is 2.14. The summed E-state index contributed by atoms with van der Waals surface area (Å²) in [5, 5.41) is 5.30. The topological polar surface area (TPSA) is 46.8 Å². The second-order valence-corrected chi connectivity index (χ2v) is 5.16. The van der Waals surface area contributed by atoms with Crippen LogP contribution in [0.1, 0.15) is 18.3 Å². The summed E-state index contributed by atoms with van der Waals surface area (Å²) in [7, 11) is 3.97. The third-order valence-electron chi connectivity index (χ3n) is 3.56. The molecule has 2 aromatic heterocycles. The first-order chi connectivity index (χ1) is 10.2. The summed E-state index contributed by atoms with van der Waals surface area (Å²) in [6.07, 6.45) is 2.65. The summed E-state index contributed by atoms with van der Waals surface area (Å²) in [4.78, 5) is 11.4. The zero-order valence-corrected chi connectivity index (χ0v) is 12.6. The van der Waals surface area contributed by atoms with Crippen LogP contribution in [-0.4, -0.2) is 26.8 Å². The fraction of sp³-hybridized carbons (Fsp3) is 0.312. The molecular formula is C16H19N5. The summed E-state index contributed by atoms with van der Waals surface area (Å²) in [5.41, 5.74) is 2.14. The van der Waals surface area contributed by atoms with Gasteiger partial charge in [-0.3, -0.25) is 4.68 Å². The van der Waals surface area contributed by atoms with Gasteiger partial charge >= 0.3 is 0 Å². The lowest BCUT2D eigenvalue weighted by atomic mass is 10.2. The number of aromatic nitrogens is 4. The molecule has 5 nitrogen and oxygen atoms in total. The van der Waals surface area contributed by atoms with Gasteiger partial charge < -0.3 is 4.90 Å². The Bertz CT molecular complexity index is 748. The van der Waals surface area contributed by atoms with Crippen LogP contribution in [0.2, 0.25) is 0 Å². The molecule has 1 aromatic carbocycles. The standard InChI is InChI=1S/C16H19N5/c1-4-14-18-15(13-10-17-21(3)16(13)19-14)20(2)11-12-8-6-5-7-9-12/h5-10H,4,11H2,1-3H3. The van der Waals surface area contributed by atoms with Crippen LogP contribution in [0.4, 0.5) is 5.82 Å². The van der Waals surface area contributed by atoms with E-state index in [1.54, 1.807) is 4.68 Å². The molecule has 0 fully saturated rings. The zero-order chi connectivity index (χ0) is 14.8. The molecule has 3 rings (SSSR count). The van der Waals surface area contributed by atoms with Crippen molar-refractivity contribution in [1.29, 1.82) is 0 Å². The van der Waals surface area contributed by atoms with Crippen molar-refractivity contribution in [2.75, 3.05) is 11.9 Å². The summed E-state index contributed by atoms with van der Waals surface area (Å²) >= 11 is 0. The first-order valence-corrected chi connectivity index (χ1v) is 7.12. The summed E-state index contributed by atoms with van der Waals surface area (Å²) in [5.74, 6) is 1.79. The number of benzene rings is 1. The Morgan fingerprint density at radius 3 is 2.62 bits per heavy atom. The molecule has 0 N–H and O–H groups in total. The Kier molecular flexibility index (Phi) is 3.56. The molecule has 0 saturated carbocycles. The molecule has 0 aliphatic rings. The maximum Gasteiger partial charge on any atom is 0.163 e. The highest BCUT2D eigenvalue weighted by atomic mass is 15.3. The lowest BCUT2D eigenvalue weighted by Gasteiger charge is -2.19. The van der Waals surface area contributed by atoms with Gasteiger partial charge in [0.2, 0.25) is 0 Å². The Labute approximate surface area is 124 Å². The SMILES string of the molecule is CCc1nc(N(C)Cc2ccccc2)c2cnn(C)c2n1. The average Bonchev–Trinajstić information content (AvgIpc) is 2.88. The zero-order valence-electron chi connectivity index (χ0n) is 12.6. The van der Waals surface area contributed by atoms with E-state index in [-0.39, 0.29) is 0 Å². The van der Waals surface area contributed by atoms with Crippen LogP contribution < -0.4 is 4.90 Å². The van der Waals surface area contributed by atoms with Gasteiger partial charge in [0.15, 0.2) is 5.65 Å². The Balaban J connectivity index is 2.02. The molecular weight excluding hydrogens is 262 g/mol. The molecule has 0 atom stereocenters. The van der Waals surface area contributed by atoms with E-state index in [2.05, 4.69) is 53.2 Å². The lowest BCUT2D eigenvalue weighted by molar-refractivity contribution is 0.778. The third-order valence-corrected chi connectivity index (χ3v) is 3.56. The molecule has 0 saturated heterocycles. The fourth-order valence-corrected chi connectivity index (χ4v) is 2.43. The number of nitrogens with zero attached hydrogens (tertiary/aromatic N) is 5. The van der Waals surface area contributed by atoms with Gasteiger partial charge in [-0.15, -0.1) is 0 Å². The predicted octanol–water partition coefficient (Wildman–Crippen LogP) is 2.56. The second kappa shape index (κ2) is 5.52. The van der Waals surface area contributed by atoms with Gasteiger partial charge in [-0.2, -0.15) is 5.10 Å². The number of rotatable bonds is 4. The highest BCUT2D eigenvalue weighted by molar-refractivity contribution is 5.86. The quantitative estimate of drug-likeness (QED) is 0.737. The van der Waals surface area contributed by atoms with Crippen molar-refractivity contribution in [1.82, 2.24) is 19.7 Å². The van der Waals surface area contributed by atoms with Gasteiger partial charge in [0.1, 0.15) is 11.6 Å². The van der Waals surface area contributed by atoms with Crippen molar-refractivity contribution in [2.24, 2.45) is 7.05 Å². The molecule has 0 aliphatic carbocycles. The van der Waals surface area contributed by atoms with Crippen molar-refractivity contribution in [2.45, 2.75) is 19.9 Å². The molecule has 0 spiro atoms. The summed E-state index contributed by atoms with van der Waals surface area (Å²) in [6, 6.07) is 10.4. The van der Waals surface area contributed by atoms with E-state index in [4.69, 9.17) is 4.98 Å². The molecule has 0 bridgehead atoms. The van der Waals surface area contributed by atoms with Crippen LogP contribution in [0.3, 0.4) is 0 Å². The monoisotopic (exact) mass is 281 g/mol. The smallest absolute Gasteiger partial charge is 0.163 e. The third kappa shape index (κ3) is 2.59. The van der Waals surface area contributed by atoms with Crippen LogP contribution in [0.5, 0.6) is 0 Å². The van der Waals surface area contributed by atoms with Gasteiger partial charge in [0.05, 0.1) is 11.6 Å². The van der Waals surface area contributed by atoms with E-state index in [1.165, 1.54) is 5.56 Å². The Morgan fingerprint density at radius 2 is 1.90 bits per heavy atom. The highest BCUT2D eigenvalue weighted by Crippen LogP contribution is 2.24. The predicted molar refractivity (Wildman–Crippen MR) is 84.2 cm³/mol. The Hall–Kier alpha value is -2.43. The van der Waals surface area contributed by atoms with E-state index in [0.29, 0.717) is 0 Å². The van der Waals surface area contributed by atoms with Gasteiger partial charge in [0, 0.05) is 27.1 Å². The van der Waals surface area contributed by atoms with E-state index in [1.807, 2.05) is 19.3 Å². The lowest BCUT2D eigenvalue weighted by Crippen LogP contribution is -2.19. The van der Waals surface area contributed by atoms with E-state index in [0.717, 1.165) is 35.6 Å². The molecule has 0 amide bonds. The second-order valence-electron chi connectivity index (χ2n) is 5.16. The molecule has 0 aliphatic heterocycles. The molecule has 3 aromatic rings. The normalized spacial score (nSPS) is 11.0. The van der Waals surface area contributed by atoms with Gasteiger partial charge in [0.25, 0.3) is 0 Å². The number of fused-ring (bicyclic) bond motifs is 1. The first-order valence-electron chi connectivity index (χ1n) is 7.12. The van der Waals surface area contributed by atoms with Crippen molar-refractivity contribution < 1.29 is 0 Å². The largest absolute Gasteiger partial charge is 0.355 e.